The molecule has 3 heterocycles. The van der Waals surface area contributed by atoms with E-state index in [0.29, 0.717) is 29.8 Å². The number of carbonyl (C=O) groups is 3. The number of rotatable bonds is 5. The van der Waals surface area contributed by atoms with Crippen molar-refractivity contribution < 1.29 is 28.3 Å². The Morgan fingerprint density at radius 3 is 2.81 bits per heavy atom. The predicted octanol–water partition coefficient (Wildman–Crippen LogP) is 3.40. The SMILES string of the molecule is CC(C)(C)OC(=O)NCCOc1ccc2c(ccc3occ([C@H]4CCC(=O)NC4=O)c32)n1. The first-order valence-electron chi connectivity index (χ1n) is 10.5. The van der Waals surface area contributed by atoms with Crippen LogP contribution in [0.5, 0.6) is 5.88 Å². The molecule has 9 heteroatoms. The number of hydrogen-bond donors (Lipinski definition) is 2. The number of carbonyl (C=O) groups excluding carboxylic acids is 3. The van der Waals surface area contributed by atoms with Gasteiger partial charge in [0.1, 0.15) is 17.8 Å². The highest BCUT2D eigenvalue weighted by Crippen LogP contribution is 2.36. The van der Waals surface area contributed by atoms with E-state index in [2.05, 4.69) is 15.6 Å². The van der Waals surface area contributed by atoms with Crippen molar-refractivity contribution in [3.8, 4) is 5.88 Å². The fourth-order valence-corrected chi connectivity index (χ4v) is 3.70. The van der Waals surface area contributed by atoms with Gasteiger partial charge in [-0.3, -0.25) is 14.9 Å². The lowest BCUT2D eigenvalue weighted by Crippen LogP contribution is -2.39. The smallest absolute Gasteiger partial charge is 0.407 e. The summed E-state index contributed by atoms with van der Waals surface area (Å²) in [5.41, 5.74) is 1.52. The number of piperidine rings is 1. The van der Waals surface area contributed by atoms with E-state index < -0.39 is 17.6 Å². The molecule has 1 saturated heterocycles. The highest BCUT2D eigenvalue weighted by molar-refractivity contribution is 6.09. The second-order valence-electron chi connectivity index (χ2n) is 8.63. The van der Waals surface area contributed by atoms with Gasteiger partial charge in [-0.15, -0.1) is 0 Å². The second-order valence-corrected chi connectivity index (χ2v) is 8.63. The van der Waals surface area contributed by atoms with Crippen LogP contribution in [0.1, 0.15) is 45.1 Å². The summed E-state index contributed by atoms with van der Waals surface area (Å²) in [7, 11) is 0. The molecule has 4 rings (SSSR count). The van der Waals surface area contributed by atoms with Gasteiger partial charge in [0.2, 0.25) is 17.7 Å². The van der Waals surface area contributed by atoms with Gasteiger partial charge in [0.25, 0.3) is 0 Å². The van der Waals surface area contributed by atoms with Gasteiger partial charge in [-0.25, -0.2) is 9.78 Å². The van der Waals surface area contributed by atoms with Crippen molar-refractivity contribution in [2.24, 2.45) is 0 Å². The number of aromatic nitrogens is 1. The summed E-state index contributed by atoms with van der Waals surface area (Å²) in [4.78, 5) is 40.1. The van der Waals surface area contributed by atoms with Crippen LogP contribution in [0.15, 0.2) is 34.9 Å². The molecule has 1 aromatic carbocycles. The van der Waals surface area contributed by atoms with Crippen LogP contribution in [0.4, 0.5) is 4.79 Å². The quantitative estimate of drug-likeness (QED) is 0.462. The Morgan fingerprint density at radius 1 is 1.25 bits per heavy atom. The number of fused-ring (bicyclic) bond motifs is 3. The number of ether oxygens (including phenoxy) is 2. The summed E-state index contributed by atoms with van der Waals surface area (Å²) < 4.78 is 16.5. The number of benzene rings is 1. The topological polar surface area (TPSA) is 120 Å². The molecule has 0 saturated carbocycles. The number of pyridine rings is 1. The molecule has 0 unspecified atom stereocenters. The first-order chi connectivity index (χ1) is 15.2. The molecule has 1 aliphatic heterocycles. The molecule has 9 nitrogen and oxygen atoms in total. The number of nitrogens with zero attached hydrogens (tertiary/aromatic N) is 1. The number of amides is 3. The summed E-state index contributed by atoms with van der Waals surface area (Å²) >= 11 is 0. The van der Waals surface area contributed by atoms with Crippen LogP contribution in [0, 0.1) is 0 Å². The molecular weight excluding hydrogens is 414 g/mol. The van der Waals surface area contributed by atoms with E-state index in [9.17, 15) is 14.4 Å². The molecule has 0 spiro atoms. The van der Waals surface area contributed by atoms with Gasteiger partial charge in [0.15, 0.2) is 0 Å². The van der Waals surface area contributed by atoms with Gasteiger partial charge in [-0.2, -0.15) is 0 Å². The third kappa shape index (κ3) is 4.66. The Kier molecular flexibility index (Phi) is 5.73. The average Bonchev–Trinajstić information content (AvgIpc) is 3.14. The summed E-state index contributed by atoms with van der Waals surface area (Å²) in [5.74, 6) is -0.608. The van der Waals surface area contributed by atoms with Gasteiger partial charge in [-0.1, -0.05) is 0 Å². The van der Waals surface area contributed by atoms with E-state index in [0.717, 1.165) is 16.3 Å². The molecule has 1 atom stereocenters. The summed E-state index contributed by atoms with van der Waals surface area (Å²) in [6.45, 7) is 5.89. The molecule has 3 amide bonds. The highest BCUT2D eigenvalue weighted by Gasteiger charge is 2.31. The fraction of sp³-hybridized carbons (Fsp3) is 0.391. The zero-order chi connectivity index (χ0) is 22.9. The Hall–Kier alpha value is -3.62. The zero-order valence-electron chi connectivity index (χ0n) is 18.2. The van der Waals surface area contributed by atoms with Crippen LogP contribution in [0.25, 0.3) is 21.9 Å². The standard InChI is InChI=1S/C23H25N3O6/c1-23(2,3)32-22(29)24-10-11-30-19-9-5-14-16(25-19)6-7-17-20(14)15(12-31-17)13-4-8-18(27)26-21(13)28/h5-7,9,12-13H,4,8,10-11H2,1-3H3,(H,24,29)(H,26,27,28)/t13-/m1/s1. The van der Waals surface area contributed by atoms with Crippen molar-refractivity contribution >= 4 is 39.8 Å². The van der Waals surface area contributed by atoms with E-state index >= 15 is 0 Å². The number of alkyl carbamates (subject to hydrolysis) is 1. The minimum absolute atomic E-state index is 0.229. The number of nitrogens with one attached hydrogen (secondary N) is 2. The minimum Gasteiger partial charge on any atom is -0.476 e. The maximum Gasteiger partial charge on any atom is 0.407 e. The molecule has 32 heavy (non-hydrogen) atoms. The van der Waals surface area contributed by atoms with Crippen molar-refractivity contribution in [2.75, 3.05) is 13.2 Å². The first kappa shape index (κ1) is 21.6. The fourth-order valence-electron chi connectivity index (χ4n) is 3.70. The van der Waals surface area contributed by atoms with Gasteiger partial charge < -0.3 is 19.2 Å². The van der Waals surface area contributed by atoms with E-state index in [-0.39, 0.29) is 25.0 Å². The van der Waals surface area contributed by atoms with Crippen molar-refractivity contribution in [2.45, 2.75) is 45.1 Å². The number of furan rings is 1. The number of hydrogen-bond acceptors (Lipinski definition) is 7. The molecule has 3 aromatic rings. The van der Waals surface area contributed by atoms with E-state index in [1.165, 1.54) is 0 Å². The third-order valence-corrected chi connectivity index (χ3v) is 5.04. The van der Waals surface area contributed by atoms with Crippen LogP contribution < -0.4 is 15.4 Å². The molecule has 0 aliphatic carbocycles. The second kappa shape index (κ2) is 8.49. The largest absolute Gasteiger partial charge is 0.476 e. The summed E-state index contributed by atoms with van der Waals surface area (Å²) in [6.07, 6.45) is 1.81. The van der Waals surface area contributed by atoms with Crippen molar-refractivity contribution in [1.82, 2.24) is 15.6 Å². The Balaban J connectivity index is 1.49. The zero-order valence-corrected chi connectivity index (χ0v) is 18.2. The Morgan fingerprint density at radius 2 is 2.06 bits per heavy atom. The lowest BCUT2D eigenvalue weighted by atomic mass is 9.89. The molecule has 0 radical (unpaired) electrons. The normalized spacial score (nSPS) is 16.8. The van der Waals surface area contributed by atoms with Gasteiger partial charge in [0, 0.05) is 28.8 Å². The minimum atomic E-state index is -0.560. The van der Waals surface area contributed by atoms with E-state index in [1.54, 1.807) is 39.2 Å². The van der Waals surface area contributed by atoms with Crippen molar-refractivity contribution in [1.29, 1.82) is 0 Å². The molecule has 1 fully saturated rings. The molecule has 2 aromatic heterocycles. The van der Waals surface area contributed by atoms with Crippen LogP contribution in [0.3, 0.4) is 0 Å². The van der Waals surface area contributed by atoms with Crippen LogP contribution >= 0.6 is 0 Å². The first-order valence-corrected chi connectivity index (χ1v) is 10.5. The summed E-state index contributed by atoms with van der Waals surface area (Å²) in [5, 5.41) is 6.66. The van der Waals surface area contributed by atoms with Crippen LogP contribution in [-0.2, 0) is 14.3 Å². The molecule has 2 N–H and O–H groups in total. The molecular formula is C23H25N3O6. The third-order valence-electron chi connectivity index (χ3n) is 5.04. The Bertz CT molecular complexity index is 1190. The maximum absolute atomic E-state index is 12.4. The molecule has 0 bridgehead atoms. The van der Waals surface area contributed by atoms with Gasteiger partial charge >= 0.3 is 6.09 Å². The van der Waals surface area contributed by atoms with E-state index in [4.69, 9.17) is 13.9 Å². The summed E-state index contributed by atoms with van der Waals surface area (Å²) in [6, 6.07) is 7.22. The molecule has 1 aliphatic rings. The van der Waals surface area contributed by atoms with Gasteiger partial charge in [-0.05, 0) is 45.4 Å². The van der Waals surface area contributed by atoms with Crippen LogP contribution in [0.2, 0.25) is 0 Å². The monoisotopic (exact) mass is 439 g/mol. The Labute approximate surface area is 184 Å². The van der Waals surface area contributed by atoms with Crippen molar-refractivity contribution in [3.05, 3.63) is 36.1 Å². The van der Waals surface area contributed by atoms with E-state index in [1.807, 2.05) is 12.1 Å². The lowest BCUT2D eigenvalue weighted by Gasteiger charge is -2.20. The number of imide groups is 1. The average molecular weight is 439 g/mol. The highest BCUT2D eigenvalue weighted by atomic mass is 16.6. The predicted molar refractivity (Wildman–Crippen MR) is 116 cm³/mol. The van der Waals surface area contributed by atoms with Crippen molar-refractivity contribution in [3.63, 3.8) is 0 Å². The lowest BCUT2D eigenvalue weighted by molar-refractivity contribution is -0.134. The molecule has 168 valence electrons. The van der Waals surface area contributed by atoms with Crippen LogP contribution in [-0.4, -0.2) is 41.6 Å². The van der Waals surface area contributed by atoms with Gasteiger partial charge in [0.05, 0.1) is 24.2 Å². The maximum atomic E-state index is 12.4.